The molecule has 0 aliphatic carbocycles. The second-order valence-electron chi connectivity index (χ2n) is 2.43. The van der Waals surface area contributed by atoms with Gasteiger partial charge in [-0.3, -0.25) is 0 Å². The van der Waals surface area contributed by atoms with E-state index < -0.39 is 5.09 Å². The number of hydrogen-bond acceptors (Lipinski definition) is 4. The molecule has 0 aliphatic rings. The van der Waals surface area contributed by atoms with Crippen LogP contribution in [-0.4, -0.2) is 18.0 Å². The third-order valence-electron chi connectivity index (χ3n) is 1.41. The fourth-order valence-electron chi connectivity index (χ4n) is 0.822. The second-order valence-corrected chi connectivity index (χ2v) is 2.43. The standard InChI is InChI=1S/C7H13NO4/c9-6-4-2-1-3-5-7-12-8(10)11/h6H,1-5,7H2. The van der Waals surface area contributed by atoms with E-state index in [2.05, 4.69) is 4.84 Å². The Kier molecular flexibility index (Phi) is 7.22. The van der Waals surface area contributed by atoms with E-state index >= 15 is 0 Å². The lowest BCUT2D eigenvalue weighted by Gasteiger charge is -1.97. The molecule has 0 bridgehead atoms. The quantitative estimate of drug-likeness (QED) is 0.241. The molecule has 0 amide bonds. The molecule has 0 aromatic heterocycles. The van der Waals surface area contributed by atoms with Gasteiger partial charge in [-0.2, -0.15) is 0 Å². The summed E-state index contributed by atoms with van der Waals surface area (Å²) in [5, 5.41) is 8.89. The van der Waals surface area contributed by atoms with Crippen LogP contribution >= 0.6 is 0 Å². The van der Waals surface area contributed by atoms with Gasteiger partial charge in [-0.1, -0.05) is 12.8 Å². The van der Waals surface area contributed by atoms with Crippen LogP contribution in [0.25, 0.3) is 0 Å². The number of unbranched alkanes of at least 4 members (excludes halogenated alkanes) is 4. The van der Waals surface area contributed by atoms with Crippen LogP contribution < -0.4 is 0 Å². The zero-order chi connectivity index (χ0) is 9.23. The molecule has 0 unspecified atom stereocenters. The molecule has 0 rings (SSSR count). The summed E-state index contributed by atoms with van der Waals surface area (Å²) < 4.78 is 0. The molecule has 70 valence electrons. The fourth-order valence-corrected chi connectivity index (χ4v) is 0.822. The molecule has 0 radical (unpaired) electrons. The molecule has 5 nitrogen and oxygen atoms in total. The number of aldehydes is 1. The average molecular weight is 175 g/mol. The minimum Gasteiger partial charge on any atom is -0.314 e. The molecule has 0 atom stereocenters. The third-order valence-corrected chi connectivity index (χ3v) is 1.41. The van der Waals surface area contributed by atoms with Crippen molar-refractivity contribution in [2.45, 2.75) is 32.1 Å². The highest BCUT2D eigenvalue weighted by molar-refractivity contribution is 5.48. The molecule has 0 spiro atoms. The highest BCUT2D eigenvalue weighted by atomic mass is 16.9. The van der Waals surface area contributed by atoms with Crippen molar-refractivity contribution in [3.05, 3.63) is 10.1 Å². The lowest BCUT2D eigenvalue weighted by molar-refractivity contribution is -0.757. The van der Waals surface area contributed by atoms with Gasteiger partial charge < -0.3 is 9.63 Å². The van der Waals surface area contributed by atoms with E-state index in [4.69, 9.17) is 0 Å². The van der Waals surface area contributed by atoms with Gasteiger partial charge in [-0.25, -0.2) is 0 Å². The van der Waals surface area contributed by atoms with Crippen molar-refractivity contribution in [3.63, 3.8) is 0 Å². The van der Waals surface area contributed by atoms with Gasteiger partial charge in [-0.15, -0.1) is 10.1 Å². The second kappa shape index (κ2) is 7.97. The van der Waals surface area contributed by atoms with E-state index in [1.165, 1.54) is 0 Å². The molecular weight excluding hydrogens is 162 g/mol. The number of rotatable bonds is 8. The van der Waals surface area contributed by atoms with Crippen molar-refractivity contribution in [2.75, 3.05) is 6.61 Å². The van der Waals surface area contributed by atoms with Crippen LogP contribution in [0.1, 0.15) is 32.1 Å². The highest BCUT2D eigenvalue weighted by Crippen LogP contribution is 2.01. The molecule has 0 saturated carbocycles. The largest absolute Gasteiger partial charge is 0.314 e. The highest BCUT2D eigenvalue weighted by Gasteiger charge is 1.94. The smallest absolute Gasteiger partial charge is 0.294 e. The minimum absolute atomic E-state index is 0.161. The zero-order valence-electron chi connectivity index (χ0n) is 6.90. The van der Waals surface area contributed by atoms with Crippen molar-refractivity contribution in [1.29, 1.82) is 0 Å². The average Bonchev–Trinajstić information content (AvgIpc) is 2.02. The predicted octanol–water partition coefficient (Wildman–Crippen LogP) is 1.34. The lowest BCUT2D eigenvalue weighted by Crippen LogP contribution is -2.01. The Hall–Kier alpha value is -1.13. The Balaban J connectivity index is 2.90. The first-order chi connectivity index (χ1) is 5.77. The molecule has 0 heterocycles. The van der Waals surface area contributed by atoms with Gasteiger partial charge in [0.15, 0.2) is 0 Å². The Morgan fingerprint density at radius 2 is 1.92 bits per heavy atom. The van der Waals surface area contributed by atoms with Crippen molar-refractivity contribution >= 4 is 6.29 Å². The molecule has 0 aromatic carbocycles. The van der Waals surface area contributed by atoms with Gasteiger partial charge in [0.2, 0.25) is 0 Å². The number of carbonyl (C=O) groups excluding carboxylic acids is 1. The van der Waals surface area contributed by atoms with Crippen LogP contribution in [0.5, 0.6) is 0 Å². The topological polar surface area (TPSA) is 69.4 Å². The summed E-state index contributed by atoms with van der Waals surface area (Å²) in [6.07, 6.45) is 4.81. The molecule has 0 fully saturated rings. The van der Waals surface area contributed by atoms with Crippen LogP contribution in [0.2, 0.25) is 0 Å². The maximum absolute atomic E-state index is 9.87. The normalized spacial score (nSPS) is 9.33. The van der Waals surface area contributed by atoms with Gasteiger partial charge >= 0.3 is 0 Å². The van der Waals surface area contributed by atoms with Gasteiger partial charge in [0.05, 0.1) is 6.61 Å². The number of carbonyl (C=O) groups is 1. The number of hydrogen-bond donors (Lipinski definition) is 0. The third kappa shape index (κ3) is 8.87. The maximum Gasteiger partial charge on any atom is 0.294 e. The van der Waals surface area contributed by atoms with Gasteiger partial charge in [0.25, 0.3) is 5.09 Å². The van der Waals surface area contributed by atoms with Gasteiger partial charge in [0.1, 0.15) is 6.29 Å². The Labute approximate surface area is 70.8 Å². The van der Waals surface area contributed by atoms with Crippen LogP contribution in [0.4, 0.5) is 0 Å². The molecule has 5 heteroatoms. The SMILES string of the molecule is O=CCCCCCCO[N+](=O)[O-]. The first-order valence-corrected chi connectivity index (χ1v) is 3.98. The first kappa shape index (κ1) is 10.9. The molecule has 0 N–H and O–H groups in total. The Morgan fingerprint density at radius 1 is 1.25 bits per heavy atom. The summed E-state index contributed by atoms with van der Waals surface area (Å²) in [7, 11) is 0. The minimum atomic E-state index is -0.786. The summed E-state index contributed by atoms with van der Waals surface area (Å²) in [5.41, 5.74) is 0. The van der Waals surface area contributed by atoms with Crippen LogP contribution in [0.3, 0.4) is 0 Å². The summed E-state index contributed by atoms with van der Waals surface area (Å²) in [5.74, 6) is 0. The van der Waals surface area contributed by atoms with Gasteiger partial charge in [-0.05, 0) is 12.8 Å². The van der Waals surface area contributed by atoms with E-state index in [9.17, 15) is 14.9 Å². The number of nitrogens with zero attached hydrogens (tertiary/aromatic N) is 1. The van der Waals surface area contributed by atoms with Crippen LogP contribution in [0, 0.1) is 10.1 Å². The first-order valence-electron chi connectivity index (χ1n) is 3.98. The molecule has 0 aromatic rings. The maximum atomic E-state index is 9.87. The van der Waals surface area contributed by atoms with Crippen molar-refractivity contribution in [1.82, 2.24) is 0 Å². The Morgan fingerprint density at radius 3 is 2.50 bits per heavy atom. The summed E-state index contributed by atoms with van der Waals surface area (Å²) in [6, 6.07) is 0. The summed E-state index contributed by atoms with van der Waals surface area (Å²) in [4.78, 5) is 23.6. The van der Waals surface area contributed by atoms with Crippen molar-refractivity contribution < 1.29 is 14.7 Å². The Bertz CT molecular complexity index is 137. The van der Waals surface area contributed by atoms with Crippen molar-refractivity contribution in [3.8, 4) is 0 Å². The molecule has 0 saturated heterocycles. The van der Waals surface area contributed by atoms with E-state index in [-0.39, 0.29) is 6.61 Å². The van der Waals surface area contributed by atoms with Gasteiger partial charge in [0, 0.05) is 6.42 Å². The zero-order valence-corrected chi connectivity index (χ0v) is 6.90. The summed E-state index contributed by atoms with van der Waals surface area (Å²) in [6.45, 7) is 0.161. The van der Waals surface area contributed by atoms with Crippen LogP contribution in [-0.2, 0) is 9.63 Å². The lowest BCUT2D eigenvalue weighted by atomic mass is 10.2. The van der Waals surface area contributed by atoms with E-state index in [1.807, 2.05) is 0 Å². The van der Waals surface area contributed by atoms with E-state index in [1.54, 1.807) is 0 Å². The van der Waals surface area contributed by atoms with E-state index in [0.29, 0.717) is 12.8 Å². The predicted molar refractivity (Wildman–Crippen MR) is 42.1 cm³/mol. The molecular formula is C7H13NO4. The molecule has 12 heavy (non-hydrogen) atoms. The van der Waals surface area contributed by atoms with Crippen LogP contribution in [0.15, 0.2) is 0 Å². The summed E-state index contributed by atoms with van der Waals surface area (Å²) >= 11 is 0. The molecule has 0 aliphatic heterocycles. The van der Waals surface area contributed by atoms with E-state index in [0.717, 1.165) is 25.5 Å². The monoisotopic (exact) mass is 175 g/mol. The van der Waals surface area contributed by atoms with Crippen molar-refractivity contribution in [2.24, 2.45) is 0 Å². The fraction of sp³-hybridized carbons (Fsp3) is 0.857.